The topological polar surface area (TPSA) is 32.8 Å². The second-order valence-electron chi connectivity index (χ2n) is 6.46. The number of hydrogen-bond acceptors (Lipinski definition) is 3. The summed E-state index contributed by atoms with van der Waals surface area (Å²) >= 11 is 0. The molecule has 0 saturated carbocycles. The zero-order valence-corrected chi connectivity index (χ0v) is 14.5. The van der Waals surface area contributed by atoms with Gasteiger partial charge in [0.1, 0.15) is 6.10 Å². The molecule has 0 aliphatic carbocycles. The lowest BCUT2D eigenvalue weighted by Crippen LogP contribution is -2.42. The van der Waals surface area contributed by atoms with E-state index in [2.05, 4.69) is 31.2 Å². The molecule has 1 aliphatic rings. The Morgan fingerprint density at radius 3 is 2.38 bits per heavy atom. The molecule has 1 fully saturated rings. The molecule has 4 nitrogen and oxygen atoms in total. The SMILES string of the molecule is Cc1ccc(C2CN(C(=O)c3ccc(N(C)C)cc3)CCO2)cc1. The smallest absolute Gasteiger partial charge is 0.254 e. The van der Waals surface area contributed by atoms with E-state index in [0.29, 0.717) is 19.7 Å². The van der Waals surface area contributed by atoms with Crippen molar-refractivity contribution >= 4 is 11.6 Å². The number of nitrogens with zero attached hydrogens (tertiary/aromatic N) is 2. The summed E-state index contributed by atoms with van der Waals surface area (Å²) in [6.45, 7) is 3.87. The minimum absolute atomic E-state index is 0.0515. The molecule has 3 rings (SSSR count). The average molecular weight is 324 g/mol. The van der Waals surface area contributed by atoms with Crippen molar-refractivity contribution in [3.8, 4) is 0 Å². The number of carbonyl (C=O) groups is 1. The van der Waals surface area contributed by atoms with Crippen molar-refractivity contribution < 1.29 is 9.53 Å². The average Bonchev–Trinajstić information content (AvgIpc) is 2.62. The summed E-state index contributed by atoms with van der Waals surface area (Å²) in [4.78, 5) is 16.7. The van der Waals surface area contributed by atoms with Crippen molar-refractivity contribution in [3.63, 3.8) is 0 Å². The maximum Gasteiger partial charge on any atom is 0.254 e. The van der Waals surface area contributed by atoms with Crippen LogP contribution in [0.15, 0.2) is 48.5 Å². The summed E-state index contributed by atoms with van der Waals surface area (Å²) in [5.74, 6) is 0.0701. The summed E-state index contributed by atoms with van der Waals surface area (Å²) in [5, 5.41) is 0. The summed E-state index contributed by atoms with van der Waals surface area (Å²) in [6.07, 6.45) is -0.0515. The number of ether oxygens (including phenoxy) is 1. The highest BCUT2D eigenvalue weighted by Gasteiger charge is 2.26. The highest BCUT2D eigenvalue weighted by molar-refractivity contribution is 5.94. The number of carbonyl (C=O) groups excluding carboxylic acids is 1. The van der Waals surface area contributed by atoms with E-state index < -0.39 is 0 Å². The van der Waals surface area contributed by atoms with E-state index in [-0.39, 0.29) is 12.0 Å². The quantitative estimate of drug-likeness (QED) is 0.869. The first-order valence-electron chi connectivity index (χ1n) is 8.29. The predicted octanol–water partition coefficient (Wildman–Crippen LogP) is 3.27. The van der Waals surface area contributed by atoms with Crippen molar-refractivity contribution in [1.82, 2.24) is 4.90 Å². The maximum absolute atomic E-state index is 12.8. The van der Waals surface area contributed by atoms with E-state index >= 15 is 0 Å². The molecule has 2 aromatic rings. The highest BCUT2D eigenvalue weighted by Crippen LogP contribution is 2.24. The van der Waals surface area contributed by atoms with Gasteiger partial charge < -0.3 is 14.5 Å². The lowest BCUT2D eigenvalue weighted by atomic mass is 10.1. The molecule has 2 aromatic carbocycles. The number of rotatable bonds is 3. The molecule has 24 heavy (non-hydrogen) atoms. The van der Waals surface area contributed by atoms with Gasteiger partial charge in [0.2, 0.25) is 0 Å². The van der Waals surface area contributed by atoms with Gasteiger partial charge >= 0.3 is 0 Å². The normalized spacial score (nSPS) is 17.6. The molecule has 0 bridgehead atoms. The fraction of sp³-hybridized carbons (Fsp3) is 0.350. The fourth-order valence-electron chi connectivity index (χ4n) is 2.90. The molecule has 0 N–H and O–H groups in total. The van der Waals surface area contributed by atoms with Gasteiger partial charge in [-0.3, -0.25) is 4.79 Å². The van der Waals surface area contributed by atoms with Gasteiger partial charge in [0.05, 0.1) is 13.2 Å². The minimum atomic E-state index is -0.0515. The van der Waals surface area contributed by atoms with Gasteiger partial charge in [-0.25, -0.2) is 0 Å². The molecule has 1 saturated heterocycles. The zero-order valence-electron chi connectivity index (χ0n) is 14.5. The van der Waals surface area contributed by atoms with Crippen molar-refractivity contribution in [1.29, 1.82) is 0 Å². The van der Waals surface area contributed by atoms with E-state index in [1.807, 2.05) is 48.2 Å². The molecule has 0 spiro atoms. The van der Waals surface area contributed by atoms with Crippen LogP contribution in [0.25, 0.3) is 0 Å². The van der Waals surface area contributed by atoms with Crippen LogP contribution >= 0.6 is 0 Å². The van der Waals surface area contributed by atoms with E-state index in [4.69, 9.17) is 4.74 Å². The molecule has 0 aromatic heterocycles. The van der Waals surface area contributed by atoms with Gasteiger partial charge in [0.25, 0.3) is 5.91 Å². The summed E-state index contributed by atoms with van der Waals surface area (Å²) in [7, 11) is 3.98. The molecule has 1 amide bonds. The van der Waals surface area contributed by atoms with Gasteiger partial charge in [-0.2, -0.15) is 0 Å². The highest BCUT2D eigenvalue weighted by atomic mass is 16.5. The first kappa shape index (κ1) is 16.5. The third-order valence-corrected chi connectivity index (χ3v) is 4.43. The first-order chi connectivity index (χ1) is 11.5. The Kier molecular flexibility index (Phi) is 4.86. The second-order valence-corrected chi connectivity index (χ2v) is 6.46. The van der Waals surface area contributed by atoms with Crippen LogP contribution in [-0.4, -0.2) is 44.6 Å². The number of aryl methyl sites for hydroxylation is 1. The number of morpholine rings is 1. The van der Waals surface area contributed by atoms with Crippen molar-refractivity contribution in [2.75, 3.05) is 38.7 Å². The molecule has 1 atom stereocenters. The Bertz CT molecular complexity index is 693. The Morgan fingerprint density at radius 1 is 1.08 bits per heavy atom. The van der Waals surface area contributed by atoms with Crippen molar-refractivity contribution in [3.05, 3.63) is 65.2 Å². The van der Waals surface area contributed by atoms with E-state index in [1.165, 1.54) is 5.56 Å². The number of hydrogen-bond donors (Lipinski definition) is 0. The maximum atomic E-state index is 12.8. The number of anilines is 1. The van der Waals surface area contributed by atoms with E-state index in [0.717, 1.165) is 16.8 Å². The zero-order chi connectivity index (χ0) is 17.1. The van der Waals surface area contributed by atoms with Gasteiger partial charge in [0, 0.05) is 31.9 Å². The minimum Gasteiger partial charge on any atom is -0.378 e. The Labute approximate surface area is 143 Å². The first-order valence-corrected chi connectivity index (χ1v) is 8.29. The third kappa shape index (κ3) is 3.60. The molecule has 1 heterocycles. The molecule has 1 aliphatic heterocycles. The van der Waals surface area contributed by atoms with Crippen LogP contribution < -0.4 is 4.90 Å². The molecule has 4 heteroatoms. The molecule has 1 unspecified atom stereocenters. The van der Waals surface area contributed by atoms with E-state index in [1.54, 1.807) is 0 Å². The Morgan fingerprint density at radius 2 is 1.75 bits per heavy atom. The molecular weight excluding hydrogens is 300 g/mol. The summed E-state index contributed by atoms with van der Waals surface area (Å²) in [6, 6.07) is 16.1. The Hall–Kier alpha value is -2.33. The van der Waals surface area contributed by atoms with Gasteiger partial charge in [-0.1, -0.05) is 29.8 Å². The fourth-order valence-corrected chi connectivity index (χ4v) is 2.90. The Balaban J connectivity index is 1.71. The van der Waals surface area contributed by atoms with Crippen molar-refractivity contribution in [2.24, 2.45) is 0 Å². The summed E-state index contributed by atoms with van der Waals surface area (Å²) < 4.78 is 5.87. The summed E-state index contributed by atoms with van der Waals surface area (Å²) in [5.41, 5.74) is 4.17. The third-order valence-electron chi connectivity index (χ3n) is 4.43. The van der Waals surface area contributed by atoms with Gasteiger partial charge in [-0.05, 0) is 36.8 Å². The van der Waals surface area contributed by atoms with Crippen LogP contribution in [0, 0.1) is 6.92 Å². The predicted molar refractivity (Wildman–Crippen MR) is 96.5 cm³/mol. The second kappa shape index (κ2) is 7.05. The van der Waals surface area contributed by atoms with Crippen LogP contribution in [0.5, 0.6) is 0 Å². The largest absolute Gasteiger partial charge is 0.378 e. The van der Waals surface area contributed by atoms with Crippen LogP contribution in [-0.2, 0) is 4.74 Å². The van der Waals surface area contributed by atoms with Crippen LogP contribution in [0.4, 0.5) is 5.69 Å². The van der Waals surface area contributed by atoms with Crippen molar-refractivity contribution in [2.45, 2.75) is 13.0 Å². The van der Waals surface area contributed by atoms with Gasteiger partial charge in [-0.15, -0.1) is 0 Å². The molecule has 126 valence electrons. The van der Waals surface area contributed by atoms with Crippen LogP contribution in [0.3, 0.4) is 0 Å². The molecule has 0 radical (unpaired) electrons. The van der Waals surface area contributed by atoms with Crippen LogP contribution in [0.2, 0.25) is 0 Å². The van der Waals surface area contributed by atoms with E-state index in [9.17, 15) is 4.79 Å². The number of amides is 1. The standard InChI is InChI=1S/C20H24N2O2/c1-15-4-6-16(7-5-15)19-14-22(12-13-24-19)20(23)17-8-10-18(11-9-17)21(2)3/h4-11,19H,12-14H2,1-3H3. The van der Waals surface area contributed by atoms with Gasteiger partial charge in [0.15, 0.2) is 0 Å². The monoisotopic (exact) mass is 324 g/mol. The lowest BCUT2D eigenvalue weighted by Gasteiger charge is -2.33. The van der Waals surface area contributed by atoms with Crippen LogP contribution in [0.1, 0.15) is 27.6 Å². The number of benzene rings is 2. The molecular formula is C20H24N2O2. The lowest BCUT2D eigenvalue weighted by molar-refractivity contribution is -0.0228.